The molecule has 21 heavy (non-hydrogen) atoms. The standard InChI is InChI=1S/C5H5.3C4H7O.Zr/c1-2-4-5-3-1;3*1-2-3-4-5;/h1-3H,4H2;3*2H,1,3-4H2;/q;3*-1;+3. The second kappa shape index (κ2) is 27.7. The molecule has 0 atom stereocenters. The molecule has 0 saturated carbocycles. The fourth-order valence-corrected chi connectivity index (χ4v) is 1.22. The topological polar surface area (TPSA) is 69.2 Å². The summed E-state index contributed by atoms with van der Waals surface area (Å²) in [4.78, 5) is 0. The van der Waals surface area contributed by atoms with Gasteiger partial charge in [0, 0.05) is 0 Å². The minimum absolute atomic E-state index is 0.0243. The molecule has 0 radical (unpaired) electrons. The molecule has 0 aromatic rings. The normalized spacial score (nSPS) is 10.6. The van der Waals surface area contributed by atoms with Gasteiger partial charge in [-0.2, -0.15) is 0 Å². The Labute approximate surface area is 144 Å². The van der Waals surface area contributed by atoms with E-state index in [0.29, 0.717) is 19.3 Å². The van der Waals surface area contributed by atoms with Crippen molar-refractivity contribution in [3.05, 3.63) is 59.5 Å². The Morgan fingerprint density at radius 3 is 1.33 bits per heavy atom. The maximum atomic E-state index is 9.46. The molecule has 0 spiro atoms. The quantitative estimate of drug-likeness (QED) is 0.660. The summed E-state index contributed by atoms with van der Waals surface area (Å²) in [7, 11) is 0. The van der Waals surface area contributed by atoms with E-state index in [1.807, 2.05) is 0 Å². The van der Waals surface area contributed by atoms with Crippen LogP contribution in [-0.4, -0.2) is 19.8 Å². The van der Waals surface area contributed by atoms with Gasteiger partial charge in [-0.05, 0) is 0 Å². The first-order valence-corrected chi connectivity index (χ1v) is 8.01. The van der Waals surface area contributed by atoms with Gasteiger partial charge < -0.3 is 15.3 Å². The van der Waals surface area contributed by atoms with Crippen LogP contribution in [0, 0.1) is 0 Å². The fourth-order valence-electron chi connectivity index (χ4n) is 0.697. The molecule has 0 N–H and O–H groups in total. The van der Waals surface area contributed by atoms with Crippen LogP contribution in [0.2, 0.25) is 0 Å². The Hall–Kier alpha value is -0.537. The first-order valence-electron chi connectivity index (χ1n) is 6.78. The van der Waals surface area contributed by atoms with Crippen LogP contribution < -0.4 is 15.3 Å². The summed E-state index contributed by atoms with van der Waals surface area (Å²) >= 11 is 1.56. The van der Waals surface area contributed by atoms with Crippen molar-refractivity contribution in [2.24, 2.45) is 0 Å². The van der Waals surface area contributed by atoms with Gasteiger partial charge in [-0.1, -0.05) is 37.5 Å². The van der Waals surface area contributed by atoms with Crippen LogP contribution in [0.25, 0.3) is 0 Å². The van der Waals surface area contributed by atoms with E-state index in [1.54, 1.807) is 46.2 Å². The summed E-state index contributed by atoms with van der Waals surface area (Å²) in [6, 6.07) is 0. The Morgan fingerprint density at radius 2 is 1.29 bits per heavy atom. The fraction of sp³-hybridized carbons (Fsp3) is 0.412. The van der Waals surface area contributed by atoms with Crippen molar-refractivity contribution in [3.63, 3.8) is 0 Å². The predicted molar refractivity (Wildman–Crippen MR) is 80.9 cm³/mol. The molecule has 3 nitrogen and oxygen atoms in total. The van der Waals surface area contributed by atoms with Crippen LogP contribution in [0.4, 0.5) is 0 Å². The van der Waals surface area contributed by atoms with E-state index in [1.165, 1.54) is 6.42 Å². The minimum atomic E-state index is -0.0243. The zero-order valence-corrected chi connectivity index (χ0v) is 15.2. The Bertz CT molecular complexity index is 260. The van der Waals surface area contributed by atoms with E-state index in [2.05, 4.69) is 38.0 Å². The molecule has 0 bridgehead atoms. The van der Waals surface area contributed by atoms with Gasteiger partial charge in [-0.25, -0.2) is 0 Å². The van der Waals surface area contributed by atoms with Gasteiger partial charge in [-0.15, -0.1) is 39.6 Å². The first kappa shape index (κ1) is 25.4. The molecule has 0 heterocycles. The molecule has 0 unspecified atom stereocenters. The van der Waals surface area contributed by atoms with Crippen molar-refractivity contribution >= 4 is 0 Å². The van der Waals surface area contributed by atoms with Gasteiger partial charge in [0.25, 0.3) is 0 Å². The van der Waals surface area contributed by atoms with Crippen molar-refractivity contribution in [2.45, 2.75) is 25.7 Å². The number of rotatable bonds is 6. The third kappa shape index (κ3) is 38.2. The summed E-state index contributed by atoms with van der Waals surface area (Å²) in [6.07, 6.45) is 14.3. The Kier molecular flexibility index (Phi) is 33.6. The summed E-state index contributed by atoms with van der Waals surface area (Å²) in [6.45, 7) is 9.98. The second-order valence-corrected chi connectivity index (χ2v) is 5.25. The van der Waals surface area contributed by atoms with Gasteiger partial charge in [0.15, 0.2) is 0 Å². The summed E-state index contributed by atoms with van der Waals surface area (Å²) in [5.74, 6) is 0. The molecular formula is C17H26O3Zr. The van der Waals surface area contributed by atoms with Crippen LogP contribution in [0.15, 0.2) is 59.5 Å². The molecule has 0 aromatic heterocycles. The van der Waals surface area contributed by atoms with Gasteiger partial charge in [0.2, 0.25) is 0 Å². The SMILES string of the molecule is C=CCC[O-].C=CCC[O-].C=CCC[O-].[Zr+3][C]1=CC=CC1. The van der Waals surface area contributed by atoms with E-state index < -0.39 is 0 Å². The van der Waals surface area contributed by atoms with Crippen molar-refractivity contribution in [2.75, 3.05) is 19.8 Å². The zero-order chi connectivity index (χ0) is 16.8. The summed E-state index contributed by atoms with van der Waals surface area (Å²) in [5.41, 5.74) is 0. The first-order chi connectivity index (χ1) is 10.1. The van der Waals surface area contributed by atoms with Crippen LogP contribution >= 0.6 is 0 Å². The van der Waals surface area contributed by atoms with Gasteiger partial charge in [0.05, 0.1) is 0 Å². The van der Waals surface area contributed by atoms with Crippen molar-refractivity contribution in [1.82, 2.24) is 0 Å². The van der Waals surface area contributed by atoms with E-state index in [9.17, 15) is 15.3 Å². The van der Waals surface area contributed by atoms with E-state index >= 15 is 0 Å². The van der Waals surface area contributed by atoms with Crippen LogP contribution in [0.3, 0.4) is 0 Å². The third-order valence-electron chi connectivity index (χ3n) is 1.74. The number of hydrogen-bond acceptors (Lipinski definition) is 3. The molecule has 0 saturated heterocycles. The van der Waals surface area contributed by atoms with E-state index in [4.69, 9.17) is 0 Å². The molecule has 0 amide bonds. The molecule has 0 aliphatic heterocycles. The summed E-state index contributed by atoms with van der Waals surface area (Å²) in [5, 5.41) is 28.4. The molecule has 0 aromatic carbocycles. The predicted octanol–water partition coefficient (Wildman–Crippen LogP) is 1.15. The van der Waals surface area contributed by atoms with Crippen molar-refractivity contribution < 1.29 is 40.0 Å². The second-order valence-electron chi connectivity index (χ2n) is 3.67. The molecule has 0 fully saturated rings. The monoisotopic (exact) mass is 368 g/mol. The van der Waals surface area contributed by atoms with E-state index in [0.717, 1.165) is 0 Å². The molecule has 1 rings (SSSR count). The molecular weight excluding hydrogens is 343 g/mol. The molecule has 4 heteroatoms. The zero-order valence-electron chi connectivity index (χ0n) is 12.8. The van der Waals surface area contributed by atoms with Gasteiger partial charge >= 0.3 is 52.6 Å². The van der Waals surface area contributed by atoms with Gasteiger partial charge in [-0.3, -0.25) is 0 Å². The summed E-state index contributed by atoms with van der Waals surface area (Å²) < 4.78 is 1.56. The molecule has 116 valence electrons. The Morgan fingerprint density at radius 1 is 0.905 bits per heavy atom. The van der Waals surface area contributed by atoms with Crippen molar-refractivity contribution in [3.8, 4) is 0 Å². The van der Waals surface area contributed by atoms with Crippen LogP contribution in [0.5, 0.6) is 0 Å². The third-order valence-corrected chi connectivity index (χ3v) is 2.65. The average Bonchev–Trinajstić information content (AvgIpc) is 2.95. The maximum absolute atomic E-state index is 9.46. The molecule has 1 aliphatic carbocycles. The number of allylic oxidation sites excluding steroid dienone is 4. The van der Waals surface area contributed by atoms with Crippen LogP contribution in [0.1, 0.15) is 25.7 Å². The average molecular weight is 370 g/mol. The molecule has 1 aliphatic rings. The van der Waals surface area contributed by atoms with E-state index in [-0.39, 0.29) is 19.8 Å². The Balaban J connectivity index is -0.000000207. The van der Waals surface area contributed by atoms with Crippen LogP contribution in [-0.2, 0) is 24.7 Å². The van der Waals surface area contributed by atoms with Crippen molar-refractivity contribution in [1.29, 1.82) is 0 Å². The number of hydrogen-bond donors (Lipinski definition) is 0. The van der Waals surface area contributed by atoms with Gasteiger partial charge in [0.1, 0.15) is 0 Å².